The third kappa shape index (κ3) is 1.60. The van der Waals surface area contributed by atoms with E-state index in [-0.39, 0.29) is 0 Å². The average Bonchev–Trinajstić information content (AvgIpc) is 2.40. The maximum atomic E-state index is 6.14. The molecule has 1 aromatic heterocycles. The van der Waals surface area contributed by atoms with Crippen molar-refractivity contribution in [1.82, 2.24) is 4.98 Å². The number of benzene rings is 2. The molecule has 0 unspecified atom stereocenters. The largest absolute Gasteiger partial charge is 0.398 e. The number of hydrogen-bond acceptors (Lipinski definition) is 2. The first-order valence-corrected chi connectivity index (χ1v) is 6.59. The van der Waals surface area contributed by atoms with Crippen molar-refractivity contribution in [3.8, 4) is 11.3 Å². The molecule has 2 nitrogen and oxygen atoms in total. The zero-order valence-corrected chi connectivity index (χ0v) is 10.6. The minimum atomic E-state index is 0.795. The van der Waals surface area contributed by atoms with Crippen LogP contribution in [0.25, 0.3) is 22.2 Å². The zero-order valence-electron chi connectivity index (χ0n) is 10.6. The Kier molecular flexibility index (Phi) is 2.12. The Morgan fingerprint density at radius 3 is 2.53 bits per heavy atom. The lowest BCUT2D eigenvalue weighted by Crippen LogP contribution is -2.07. The van der Waals surface area contributed by atoms with Gasteiger partial charge in [0.05, 0.1) is 11.2 Å². The molecule has 19 heavy (non-hydrogen) atoms. The monoisotopic (exact) mass is 246 g/mol. The van der Waals surface area contributed by atoms with Gasteiger partial charge >= 0.3 is 0 Å². The van der Waals surface area contributed by atoms with Crippen molar-refractivity contribution < 1.29 is 0 Å². The van der Waals surface area contributed by atoms with E-state index in [9.17, 15) is 0 Å². The maximum absolute atomic E-state index is 6.14. The summed E-state index contributed by atoms with van der Waals surface area (Å²) in [5.41, 5.74) is 12.9. The summed E-state index contributed by atoms with van der Waals surface area (Å²) in [5, 5.41) is 1.02. The highest BCUT2D eigenvalue weighted by Gasteiger charge is 2.14. The number of fused-ring (bicyclic) bond motifs is 2. The molecule has 4 rings (SSSR count). The van der Waals surface area contributed by atoms with Gasteiger partial charge in [-0.1, -0.05) is 30.3 Å². The molecule has 1 heterocycles. The van der Waals surface area contributed by atoms with E-state index in [1.165, 1.54) is 24.0 Å². The summed E-state index contributed by atoms with van der Waals surface area (Å²) in [5.74, 6) is 0. The van der Waals surface area contributed by atoms with E-state index in [2.05, 4.69) is 18.2 Å². The molecule has 92 valence electrons. The van der Waals surface area contributed by atoms with Gasteiger partial charge in [-0.3, -0.25) is 0 Å². The number of anilines is 1. The van der Waals surface area contributed by atoms with E-state index in [0.29, 0.717) is 0 Å². The lowest BCUT2D eigenvalue weighted by Gasteiger charge is -2.19. The summed E-state index contributed by atoms with van der Waals surface area (Å²) in [6.45, 7) is 0. The highest BCUT2D eigenvalue weighted by atomic mass is 14.7. The van der Waals surface area contributed by atoms with Crippen LogP contribution in [0.3, 0.4) is 0 Å². The van der Waals surface area contributed by atoms with Crippen molar-refractivity contribution in [3.05, 3.63) is 59.7 Å². The molecule has 3 aromatic rings. The normalized spacial score (nSPS) is 13.1. The Bertz CT molecular complexity index is 790. The van der Waals surface area contributed by atoms with Crippen molar-refractivity contribution in [3.63, 3.8) is 0 Å². The van der Waals surface area contributed by atoms with Gasteiger partial charge in [-0.15, -0.1) is 0 Å². The number of nitrogens with two attached hydrogens (primary N) is 1. The molecule has 0 atom stereocenters. The van der Waals surface area contributed by atoms with Gasteiger partial charge in [-0.2, -0.15) is 0 Å². The van der Waals surface area contributed by atoms with E-state index < -0.39 is 0 Å². The Hall–Kier alpha value is -2.35. The molecule has 2 heteroatoms. The van der Waals surface area contributed by atoms with Gasteiger partial charge in [0.1, 0.15) is 0 Å². The first kappa shape index (κ1) is 10.6. The second-order valence-corrected chi connectivity index (χ2v) is 5.10. The van der Waals surface area contributed by atoms with Gasteiger partial charge in [-0.25, -0.2) is 4.98 Å². The van der Waals surface area contributed by atoms with Crippen LogP contribution in [0.2, 0.25) is 0 Å². The average molecular weight is 246 g/mol. The minimum absolute atomic E-state index is 0.795. The lowest BCUT2D eigenvalue weighted by atomic mass is 9.87. The summed E-state index contributed by atoms with van der Waals surface area (Å²) in [6.07, 6.45) is 2.40. The van der Waals surface area contributed by atoms with Crippen molar-refractivity contribution in [1.29, 1.82) is 0 Å². The molecule has 0 radical (unpaired) electrons. The molecule has 0 fully saturated rings. The number of aryl methyl sites for hydroxylation is 2. The number of hydrogen-bond donors (Lipinski definition) is 1. The summed E-state index contributed by atoms with van der Waals surface area (Å²) in [4.78, 5) is 4.72. The van der Waals surface area contributed by atoms with E-state index >= 15 is 0 Å². The fourth-order valence-corrected chi connectivity index (χ4v) is 2.70. The summed E-state index contributed by atoms with van der Waals surface area (Å²) in [6, 6.07) is 16.6. The third-order valence-corrected chi connectivity index (χ3v) is 3.91. The number of para-hydroxylation sites is 1. The van der Waals surface area contributed by atoms with E-state index in [1.54, 1.807) is 0 Å². The van der Waals surface area contributed by atoms with E-state index in [0.717, 1.165) is 27.8 Å². The van der Waals surface area contributed by atoms with Gasteiger partial charge in [0.25, 0.3) is 0 Å². The Morgan fingerprint density at radius 2 is 1.74 bits per heavy atom. The van der Waals surface area contributed by atoms with Crippen LogP contribution in [0.15, 0.2) is 48.5 Å². The maximum Gasteiger partial charge on any atom is 0.0730 e. The molecule has 0 amide bonds. The molecule has 0 saturated heterocycles. The van der Waals surface area contributed by atoms with E-state index in [4.69, 9.17) is 10.7 Å². The summed E-state index contributed by atoms with van der Waals surface area (Å²) >= 11 is 0. The first-order valence-electron chi connectivity index (χ1n) is 6.59. The fraction of sp³-hybridized carbons (Fsp3) is 0.118. The van der Waals surface area contributed by atoms with E-state index in [1.807, 2.05) is 30.3 Å². The predicted octanol–water partition coefficient (Wildman–Crippen LogP) is 3.58. The van der Waals surface area contributed by atoms with Gasteiger partial charge in [0.15, 0.2) is 0 Å². The van der Waals surface area contributed by atoms with Crippen molar-refractivity contribution >= 4 is 16.6 Å². The standard InChI is InChI=1S/C17H14N2/c18-15-10-17(19-16-4-2-1-3-14(15)16)13-8-6-11-5-7-12(11)9-13/h1-4,6,8-10H,5,7H2,(H2,18,19). The number of aromatic nitrogens is 1. The number of nitrogens with zero attached hydrogens (tertiary/aromatic N) is 1. The lowest BCUT2D eigenvalue weighted by molar-refractivity contribution is 0.840. The number of nitrogen functional groups attached to an aromatic ring is 1. The summed E-state index contributed by atoms with van der Waals surface area (Å²) in [7, 11) is 0. The molecular formula is C17H14N2. The molecule has 0 bridgehead atoms. The molecular weight excluding hydrogens is 232 g/mol. The van der Waals surface area contributed by atoms with Gasteiger partial charge < -0.3 is 5.73 Å². The first-order chi connectivity index (χ1) is 9.31. The van der Waals surface area contributed by atoms with Crippen molar-refractivity contribution in [2.75, 3.05) is 5.73 Å². The summed E-state index contributed by atoms with van der Waals surface area (Å²) < 4.78 is 0. The highest BCUT2D eigenvalue weighted by molar-refractivity contribution is 5.92. The number of rotatable bonds is 1. The van der Waals surface area contributed by atoms with Crippen LogP contribution < -0.4 is 5.73 Å². The van der Waals surface area contributed by atoms with Gasteiger partial charge in [-0.05, 0) is 42.2 Å². The predicted molar refractivity (Wildman–Crippen MR) is 79.0 cm³/mol. The second kappa shape index (κ2) is 3.82. The number of pyridine rings is 1. The SMILES string of the molecule is Nc1cc(-c2ccc3c(c2)CC3)nc2ccccc12. The van der Waals surface area contributed by atoms with Crippen LogP contribution in [0.1, 0.15) is 11.1 Å². The second-order valence-electron chi connectivity index (χ2n) is 5.10. The smallest absolute Gasteiger partial charge is 0.0730 e. The van der Waals surface area contributed by atoms with Gasteiger partial charge in [0, 0.05) is 16.6 Å². The highest BCUT2D eigenvalue weighted by Crippen LogP contribution is 2.30. The zero-order chi connectivity index (χ0) is 12.8. The minimum Gasteiger partial charge on any atom is -0.398 e. The van der Waals surface area contributed by atoms with Crippen LogP contribution in [-0.2, 0) is 12.8 Å². The van der Waals surface area contributed by atoms with Crippen LogP contribution in [-0.4, -0.2) is 4.98 Å². The molecule has 0 saturated carbocycles. The van der Waals surface area contributed by atoms with Crippen LogP contribution in [0.5, 0.6) is 0 Å². The molecule has 0 spiro atoms. The van der Waals surface area contributed by atoms with Gasteiger partial charge in [0.2, 0.25) is 0 Å². The molecule has 2 aromatic carbocycles. The molecule has 1 aliphatic rings. The van der Waals surface area contributed by atoms with Crippen LogP contribution in [0, 0.1) is 0 Å². The Balaban J connectivity index is 1.92. The third-order valence-electron chi connectivity index (χ3n) is 3.91. The Morgan fingerprint density at radius 1 is 0.895 bits per heavy atom. The topological polar surface area (TPSA) is 38.9 Å². The fourth-order valence-electron chi connectivity index (χ4n) is 2.70. The quantitative estimate of drug-likeness (QED) is 0.712. The molecule has 0 aliphatic heterocycles. The molecule has 2 N–H and O–H groups in total. The van der Waals surface area contributed by atoms with Crippen molar-refractivity contribution in [2.24, 2.45) is 0 Å². The Labute approximate surface area is 111 Å². The van der Waals surface area contributed by atoms with Crippen LogP contribution >= 0.6 is 0 Å². The molecule has 1 aliphatic carbocycles. The van der Waals surface area contributed by atoms with Crippen molar-refractivity contribution in [2.45, 2.75) is 12.8 Å². The van der Waals surface area contributed by atoms with Crippen LogP contribution in [0.4, 0.5) is 5.69 Å².